The summed E-state index contributed by atoms with van der Waals surface area (Å²) in [5.74, 6) is 3.85. The predicted molar refractivity (Wildman–Crippen MR) is 125 cm³/mol. The summed E-state index contributed by atoms with van der Waals surface area (Å²) in [5.41, 5.74) is 1.70. The second-order valence-electron chi connectivity index (χ2n) is 9.08. The van der Waals surface area contributed by atoms with Crippen molar-refractivity contribution in [2.45, 2.75) is 64.2 Å². The van der Waals surface area contributed by atoms with Gasteiger partial charge in [-0.15, -0.1) is 0 Å². The SMILES string of the molecule is CCCCCc1cc(F)c(C2CCC(C#Cc3ccc4cc(F)c(F)cc4c3)CC2)c(F)c1. The molecule has 0 spiro atoms. The Hall–Kier alpha value is -2.80. The molecule has 3 aromatic rings. The maximum atomic E-state index is 14.7. The van der Waals surface area contributed by atoms with E-state index in [1.807, 2.05) is 0 Å². The first-order valence-electron chi connectivity index (χ1n) is 11.8. The van der Waals surface area contributed by atoms with E-state index in [1.54, 1.807) is 18.2 Å². The Bertz CT molecular complexity index is 1170. The number of benzene rings is 3. The molecule has 1 aliphatic carbocycles. The lowest BCUT2D eigenvalue weighted by Gasteiger charge is -2.26. The first kappa shape index (κ1) is 23.4. The first-order chi connectivity index (χ1) is 15.9. The van der Waals surface area contributed by atoms with Crippen LogP contribution in [0.15, 0.2) is 42.5 Å². The average molecular weight is 453 g/mol. The predicted octanol–water partition coefficient (Wildman–Crippen LogP) is 8.45. The fourth-order valence-corrected chi connectivity index (χ4v) is 4.78. The van der Waals surface area contributed by atoms with Gasteiger partial charge in [-0.1, -0.05) is 37.7 Å². The van der Waals surface area contributed by atoms with Gasteiger partial charge in [0.05, 0.1) is 0 Å². The molecule has 0 radical (unpaired) electrons. The van der Waals surface area contributed by atoms with Gasteiger partial charge in [0, 0.05) is 17.0 Å². The second-order valence-corrected chi connectivity index (χ2v) is 9.08. The number of aryl methyl sites for hydroxylation is 1. The molecule has 0 N–H and O–H groups in total. The van der Waals surface area contributed by atoms with Crippen LogP contribution in [0.25, 0.3) is 10.8 Å². The van der Waals surface area contributed by atoms with Crippen LogP contribution in [0.3, 0.4) is 0 Å². The van der Waals surface area contributed by atoms with E-state index in [-0.39, 0.29) is 17.4 Å². The third-order valence-electron chi connectivity index (χ3n) is 6.64. The van der Waals surface area contributed by atoms with Crippen molar-refractivity contribution in [1.29, 1.82) is 0 Å². The summed E-state index contributed by atoms with van der Waals surface area (Å²) in [6, 6.07) is 10.7. The molecule has 0 bridgehead atoms. The maximum Gasteiger partial charge on any atom is 0.159 e. The Morgan fingerprint density at radius 2 is 1.42 bits per heavy atom. The normalized spacial score (nSPS) is 18.2. The Balaban J connectivity index is 1.40. The average Bonchev–Trinajstić information content (AvgIpc) is 2.79. The molecule has 4 heteroatoms. The Morgan fingerprint density at radius 3 is 2.09 bits per heavy atom. The van der Waals surface area contributed by atoms with Crippen LogP contribution < -0.4 is 0 Å². The summed E-state index contributed by atoms with van der Waals surface area (Å²) >= 11 is 0. The highest BCUT2D eigenvalue weighted by atomic mass is 19.2. The minimum atomic E-state index is -0.876. The second kappa shape index (κ2) is 10.4. The van der Waals surface area contributed by atoms with E-state index < -0.39 is 23.3 Å². The van der Waals surface area contributed by atoms with Crippen LogP contribution in [0.4, 0.5) is 17.6 Å². The van der Waals surface area contributed by atoms with E-state index >= 15 is 0 Å². The number of unbranched alkanes of at least 4 members (excludes halogenated alkanes) is 2. The van der Waals surface area contributed by atoms with Crippen molar-refractivity contribution in [3.8, 4) is 11.8 Å². The molecule has 0 nitrogen and oxygen atoms in total. The topological polar surface area (TPSA) is 0 Å². The molecule has 1 saturated carbocycles. The fourth-order valence-electron chi connectivity index (χ4n) is 4.78. The molecule has 1 aliphatic rings. The number of hydrogen-bond donors (Lipinski definition) is 0. The molecular weight excluding hydrogens is 424 g/mol. The third-order valence-corrected chi connectivity index (χ3v) is 6.64. The van der Waals surface area contributed by atoms with Crippen LogP contribution in [0.5, 0.6) is 0 Å². The molecule has 0 unspecified atom stereocenters. The Labute approximate surface area is 193 Å². The van der Waals surface area contributed by atoms with Gasteiger partial charge in [0.25, 0.3) is 0 Å². The van der Waals surface area contributed by atoms with Crippen molar-refractivity contribution in [2.24, 2.45) is 5.92 Å². The largest absolute Gasteiger partial charge is 0.207 e. The zero-order chi connectivity index (χ0) is 23.4. The van der Waals surface area contributed by atoms with Crippen molar-refractivity contribution in [3.05, 3.63) is 82.4 Å². The summed E-state index contributed by atoms with van der Waals surface area (Å²) < 4.78 is 56.4. The quantitative estimate of drug-likeness (QED) is 0.207. The minimum absolute atomic E-state index is 0.119. The van der Waals surface area contributed by atoms with Crippen molar-refractivity contribution >= 4 is 10.8 Å². The molecule has 0 aromatic heterocycles. The summed E-state index contributed by atoms with van der Waals surface area (Å²) in [7, 11) is 0. The van der Waals surface area contributed by atoms with Crippen LogP contribution >= 0.6 is 0 Å². The standard InChI is InChI=1S/C29H28F4/c1-2-3-4-5-21-15-27(32)29(28(33)16-21)22-11-8-19(9-12-22)6-7-20-10-13-23-17-25(30)26(31)18-24(23)14-20/h10,13-19,22H,2-5,8-9,11-12H2,1H3. The van der Waals surface area contributed by atoms with E-state index in [2.05, 4.69) is 18.8 Å². The van der Waals surface area contributed by atoms with Crippen LogP contribution in [0, 0.1) is 41.0 Å². The molecule has 3 aromatic carbocycles. The molecule has 33 heavy (non-hydrogen) atoms. The van der Waals surface area contributed by atoms with Crippen molar-refractivity contribution < 1.29 is 17.6 Å². The van der Waals surface area contributed by atoms with Gasteiger partial charge in [0.2, 0.25) is 0 Å². The third kappa shape index (κ3) is 5.58. The molecule has 1 fully saturated rings. The van der Waals surface area contributed by atoms with E-state index in [0.29, 0.717) is 30.0 Å². The molecule has 0 amide bonds. The molecule has 0 saturated heterocycles. The van der Waals surface area contributed by atoms with Gasteiger partial charge in [-0.2, -0.15) is 0 Å². The van der Waals surface area contributed by atoms with Crippen LogP contribution in [0.2, 0.25) is 0 Å². The summed E-state index contributed by atoms with van der Waals surface area (Å²) in [4.78, 5) is 0. The van der Waals surface area contributed by atoms with Gasteiger partial charge in [-0.05, 0) is 97.2 Å². The minimum Gasteiger partial charge on any atom is -0.207 e. The lowest BCUT2D eigenvalue weighted by atomic mass is 9.78. The highest BCUT2D eigenvalue weighted by molar-refractivity contribution is 5.84. The highest BCUT2D eigenvalue weighted by Crippen LogP contribution is 2.38. The van der Waals surface area contributed by atoms with E-state index in [9.17, 15) is 17.6 Å². The smallest absolute Gasteiger partial charge is 0.159 e. The van der Waals surface area contributed by atoms with Gasteiger partial charge in [0.15, 0.2) is 11.6 Å². The highest BCUT2D eigenvalue weighted by Gasteiger charge is 2.26. The van der Waals surface area contributed by atoms with Crippen LogP contribution in [-0.2, 0) is 6.42 Å². The number of halogens is 4. The summed E-state index contributed by atoms with van der Waals surface area (Å²) in [5, 5.41) is 1.23. The van der Waals surface area contributed by atoms with Crippen molar-refractivity contribution in [3.63, 3.8) is 0 Å². The lowest BCUT2D eigenvalue weighted by molar-refractivity contribution is 0.366. The van der Waals surface area contributed by atoms with E-state index in [1.165, 1.54) is 24.3 Å². The maximum absolute atomic E-state index is 14.7. The molecule has 0 atom stereocenters. The molecule has 0 heterocycles. The molecule has 172 valence electrons. The van der Waals surface area contributed by atoms with Gasteiger partial charge < -0.3 is 0 Å². The van der Waals surface area contributed by atoms with Crippen LogP contribution in [0.1, 0.15) is 74.5 Å². The Kier molecular flexibility index (Phi) is 7.38. The van der Waals surface area contributed by atoms with Gasteiger partial charge in [-0.3, -0.25) is 0 Å². The number of fused-ring (bicyclic) bond motifs is 1. The molecule has 0 aliphatic heterocycles. The number of rotatable bonds is 5. The van der Waals surface area contributed by atoms with Crippen molar-refractivity contribution in [2.75, 3.05) is 0 Å². The van der Waals surface area contributed by atoms with Gasteiger partial charge in [-0.25, -0.2) is 17.6 Å². The van der Waals surface area contributed by atoms with Gasteiger partial charge >= 0.3 is 0 Å². The fraction of sp³-hybridized carbons (Fsp3) is 0.379. The summed E-state index contributed by atoms with van der Waals surface area (Å²) in [6.45, 7) is 2.11. The van der Waals surface area contributed by atoms with Crippen molar-refractivity contribution in [1.82, 2.24) is 0 Å². The monoisotopic (exact) mass is 452 g/mol. The molecular formula is C29H28F4. The van der Waals surface area contributed by atoms with E-state index in [0.717, 1.165) is 43.2 Å². The van der Waals surface area contributed by atoms with Gasteiger partial charge in [0.1, 0.15) is 11.6 Å². The number of hydrogen-bond acceptors (Lipinski definition) is 0. The Morgan fingerprint density at radius 1 is 0.758 bits per heavy atom. The first-order valence-corrected chi connectivity index (χ1v) is 11.8. The van der Waals surface area contributed by atoms with E-state index in [4.69, 9.17) is 0 Å². The zero-order valence-corrected chi connectivity index (χ0v) is 18.9. The summed E-state index contributed by atoms with van der Waals surface area (Å²) in [6.07, 6.45) is 6.75. The zero-order valence-electron chi connectivity index (χ0n) is 18.9. The van der Waals surface area contributed by atoms with Crippen LogP contribution in [-0.4, -0.2) is 0 Å². The lowest BCUT2D eigenvalue weighted by Crippen LogP contribution is -2.15. The molecule has 4 rings (SSSR count).